The minimum absolute atomic E-state index is 0.210. The van der Waals surface area contributed by atoms with Crippen LogP contribution in [-0.4, -0.2) is 22.8 Å². The lowest BCUT2D eigenvalue weighted by Crippen LogP contribution is -2.45. The third kappa shape index (κ3) is 4.53. The van der Waals surface area contributed by atoms with Crippen LogP contribution in [0.4, 0.5) is 0 Å². The molecule has 0 aliphatic rings. The SMILES string of the molecule is N#Cc1ccc(C(=O)N[C@H](Cc2ccc(Cl)nc2)C(N)=O)cc1. The van der Waals surface area contributed by atoms with E-state index in [-0.39, 0.29) is 6.42 Å². The van der Waals surface area contributed by atoms with E-state index in [0.29, 0.717) is 16.3 Å². The summed E-state index contributed by atoms with van der Waals surface area (Å²) in [7, 11) is 0. The Morgan fingerprint density at radius 3 is 2.48 bits per heavy atom. The fraction of sp³-hybridized carbons (Fsp3) is 0.125. The van der Waals surface area contributed by atoms with Gasteiger partial charge in [0.25, 0.3) is 5.91 Å². The van der Waals surface area contributed by atoms with E-state index in [4.69, 9.17) is 22.6 Å². The maximum atomic E-state index is 12.2. The molecule has 2 aromatic rings. The fourth-order valence-corrected chi connectivity index (χ4v) is 2.04. The molecule has 23 heavy (non-hydrogen) atoms. The molecule has 2 rings (SSSR count). The normalized spacial score (nSPS) is 11.3. The number of amides is 2. The van der Waals surface area contributed by atoms with Crippen LogP contribution in [0, 0.1) is 11.3 Å². The highest BCUT2D eigenvalue weighted by atomic mass is 35.5. The molecule has 0 radical (unpaired) electrons. The van der Waals surface area contributed by atoms with Crippen LogP contribution >= 0.6 is 11.6 Å². The lowest BCUT2D eigenvalue weighted by Gasteiger charge is -2.15. The van der Waals surface area contributed by atoms with Gasteiger partial charge in [0.1, 0.15) is 11.2 Å². The predicted molar refractivity (Wildman–Crippen MR) is 84.6 cm³/mol. The summed E-state index contributed by atoms with van der Waals surface area (Å²) in [4.78, 5) is 27.6. The van der Waals surface area contributed by atoms with Crippen molar-refractivity contribution in [2.75, 3.05) is 0 Å². The molecule has 0 saturated carbocycles. The number of primary amides is 1. The van der Waals surface area contributed by atoms with Gasteiger partial charge >= 0.3 is 0 Å². The first-order valence-corrected chi connectivity index (χ1v) is 7.08. The molecule has 116 valence electrons. The highest BCUT2D eigenvalue weighted by molar-refractivity contribution is 6.29. The molecule has 1 heterocycles. The molecule has 0 spiro atoms. The quantitative estimate of drug-likeness (QED) is 0.809. The van der Waals surface area contributed by atoms with Crippen LogP contribution in [0.1, 0.15) is 21.5 Å². The standard InChI is InChI=1S/C16H13ClN4O2/c17-14-6-3-11(9-20-14)7-13(15(19)22)21-16(23)12-4-1-10(8-18)2-5-12/h1-6,9,13H,7H2,(H2,19,22)(H,21,23)/t13-/m1/s1. The molecule has 1 aromatic carbocycles. The van der Waals surface area contributed by atoms with Crippen molar-refractivity contribution in [3.8, 4) is 6.07 Å². The van der Waals surface area contributed by atoms with Gasteiger partial charge in [-0.15, -0.1) is 0 Å². The van der Waals surface area contributed by atoms with E-state index in [1.54, 1.807) is 12.1 Å². The van der Waals surface area contributed by atoms with Crippen LogP contribution in [-0.2, 0) is 11.2 Å². The van der Waals surface area contributed by atoms with Crippen LogP contribution in [0.5, 0.6) is 0 Å². The van der Waals surface area contributed by atoms with Crippen LogP contribution in [0.2, 0.25) is 5.15 Å². The Morgan fingerprint density at radius 2 is 1.96 bits per heavy atom. The monoisotopic (exact) mass is 328 g/mol. The smallest absolute Gasteiger partial charge is 0.251 e. The Morgan fingerprint density at radius 1 is 1.26 bits per heavy atom. The van der Waals surface area contributed by atoms with Gasteiger partial charge in [0.05, 0.1) is 11.6 Å². The summed E-state index contributed by atoms with van der Waals surface area (Å²) < 4.78 is 0. The minimum Gasteiger partial charge on any atom is -0.368 e. The van der Waals surface area contributed by atoms with Gasteiger partial charge in [-0.1, -0.05) is 17.7 Å². The zero-order valence-corrected chi connectivity index (χ0v) is 12.7. The largest absolute Gasteiger partial charge is 0.368 e. The minimum atomic E-state index is -0.874. The summed E-state index contributed by atoms with van der Waals surface area (Å²) in [5.74, 6) is -1.10. The third-order valence-electron chi connectivity index (χ3n) is 3.15. The summed E-state index contributed by atoms with van der Waals surface area (Å²) >= 11 is 5.70. The third-order valence-corrected chi connectivity index (χ3v) is 3.38. The molecule has 7 heteroatoms. The molecule has 3 N–H and O–H groups in total. The lowest BCUT2D eigenvalue weighted by molar-refractivity contribution is -0.119. The van der Waals surface area contributed by atoms with Crippen LogP contribution in [0.25, 0.3) is 0 Å². The van der Waals surface area contributed by atoms with Crippen molar-refractivity contribution in [1.29, 1.82) is 5.26 Å². The molecule has 0 saturated heterocycles. The van der Waals surface area contributed by atoms with Gasteiger partial charge in [-0.2, -0.15) is 5.26 Å². The fourth-order valence-electron chi connectivity index (χ4n) is 1.92. The lowest BCUT2D eigenvalue weighted by atomic mass is 10.1. The van der Waals surface area contributed by atoms with Crippen LogP contribution in [0.3, 0.4) is 0 Å². The molecular formula is C16H13ClN4O2. The summed E-state index contributed by atoms with van der Waals surface area (Å²) in [6, 6.07) is 10.5. The van der Waals surface area contributed by atoms with Crippen molar-refractivity contribution in [2.24, 2.45) is 5.73 Å². The van der Waals surface area contributed by atoms with Crippen molar-refractivity contribution >= 4 is 23.4 Å². The number of hydrogen-bond acceptors (Lipinski definition) is 4. The summed E-state index contributed by atoms with van der Waals surface area (Å²) in [6.45, 7) is 0. The summed E-state index contributed by atoms with van der Waals surface area (Å²) in [6.07, 6.45) is 1.73. The predicted octanol–water partition coefficient (Wildman–Crippen LogP) is 1.43. The number of carbonyl (C=O) groups excluding carboxylic acids is 2. The highest BCUT2D eigenvalue weighted by Gasteiger charge is 2.19. The van der Waals surface area contributed by atoms with Crippen molar-refractivity contribution in [2.45, 2.75) is 12.5 Å². The number of halogens is 1. The van der Waals surface area contributed by atoms with E-state index in [9.17, 15) is 9.59 Å². The average molecular weight is 329 g/mol. The van der Waals surface area contributed by atoms with Gasteiger partial charge in [0.2, 0.25) is 5.91 Å². The van der Waals surface area contributed by atoms with E-state index in [1.807, 2.05) is 6.07 Å². The number of nitrogens with one attached hydrogen (secondary N) is 1. The number of pyridine rings is 1. The van der Waals surface area contributed by atoms with Gasteiger partial charge in [0, 0.05) is 18.2 Å². The number of nitriles is 1. The number of rotatable bonds is 5. The first-order valence-electron chi connectivity index (χ1n) is 6.70. The van der Waals surface area contributed by atoms with Crippen molar-refractivity contribution in [3.63, 3.8) is 0 Å². The maximum Gasteiger partial charge on any atom is 0.251 e. The maximum absolute atomic E-state index is 12.2. The molecule has 0 aliphatic heterocycles. The molecule has 6 nitrogen and oxygen atoms in total. The van der Waals surface area contributed by atoms with E-state index >= 15 is 0 Å². The summed E-state index contributed by atoms with van der Waals surface area (Å²) in [5.41, 5.74) is 6.85. The average Bonchev–Trinajstić information content (AvgIpc) is 2.56. The van der Waals surface area contributed by atoms with Gasteiger partial charge in [0.15, 0.2) is 0 Å². The van der Waals surface area contributed by atoms with Crippen molar-refractivity contribution in [3.05, 3.63) is 64.4 Å². The first kappa shape index (κ1) is 16.5. The Hall–Kier alpha value is -2.91. The van der Waals surface area contributed by atoms with E-state index in [0.717, 1.165) is 5.56 Å². The molecule has 0 unspecified atom stereocenters. The Kier molecular flexibility index (Phi) is 5.28. The van der Waals surface area contributed by atoms with Gasteiger partial charge in [-0.3, -0.25) is 9.59 Å². The topological polar surface area (TPSA) is 109 Å². The summed E-state index contributed by atoms with van der Waals surface area (Å²) in [5, 5.41) is 11.7. The Labute approximate surface area is 137 Å². The number of nitrogens with two attached hydrogens (primary N) is 1. The van der Waals surface area contributed by atoms with Crippen LogP contribution in [0.15, 0.2) is 42.6 Å². The van der Waals surface area contributed by atoms with Crippen molar-refractivity contribution < 1.29 is 9.59 Å². The molecule has 0 bridgehead atoms. The number of nitrogens with zero attached hydrogens (tertiary/aromatic N) is 2. The van der Waals surface area contributed by atoms with Gasteiger partial charge < -0.3 is 11.1 Å². The number of hydrogen-bond donors (Lipinski definition) is 2. The molecule has 0 fully saturated rings. The first-order chi connectivity index (χ1) is 11.0. The molecule has 1 atom stereocenters. The number of carbonyl (C=O) groups is 2. The van der Waals surface area contributed by atoms with Crippen LogP contribution < -0.4 is 11.1 Å². The second-order valence-electron chi connectivity index (χ2n) is 4.81. The zero-order chi connectivity index (χ0) is 16.8. The molecular weight excluding hydrogens is 316 g/mol. The van der Waals surface area contributed by atoms with Gasteiger partial charge in [-0.05, 0) is 35.9 Å². The number of aromatic nitrogens is 1. The van der Waals surface area contributed by atoms with E-state index < -0.39 is 17.9 Å². The highest BCUT2D eigenvalue weighted by Crippen LogP contribution is 2.09. The van der Waals surface area contributed by atoms with E-state index in [2.05, 4.69) is 10.3 Å². The van der Waals surface area contributed by atoms with E-state index in [1.165, 1.54) is 30.5 Å². The zero-order valence-electron chi connectivity index (χ0n) is 12.0. The second kappa shape index (κ2) is 7.38. The van der Waals surface area contributed by atoms with Crippen molar-refractivity contribution in [1.82, 2.24) is 10.3 Å². The number of benzene rings is 1. The molecule has 2 amide bonds. The molecule has 1 aromatic heterocycles. The molecule has 0 aliphatic carbocycles. The Balaban J connectivity index is 2.09. The second-order valence-corrected chi connectivity index (χ2v) is 5.20. The Bertz CT molecular complexity index is 751. The van der Waals surface area contributed by atoms with Gasteiger partial charge in [-0.25, -0.2) is 4.98 Å².